The molecular weight excluding hydrogens is 290 g/mol. The molecule has 1 aliphatic heterocycles. The number of amides is 1. The number of fused-ring (bicyclic) bond motifs is 1. The van der Waals surface area contributed by atoms with Crippen LogP contribution >= 0.6 is 11.3 Å². The monoisotopic (exact) mass is 307 g/mol. The fourth-order valence-electron chi connectivity index (χ4n) is 3.26. The molecule has 2 aromatic carbocycles. The second-order valence-electron chi connectivity index (χ2n) is 5.79. The number of nitrogens with zero attached hydrogens (tertiary/aromatic N) is 1. The fourth-order valence-corrected chi connectivity index (χ4v) is 4.19. The molecule has 1 aromatic heterocycles. The Labute approximate surface area is 134 Å². The van der Waals surface area contributed by atoms with Gasteiger partial charge in [0, 0.05) is 34.5 Å². The first-order chi connectivity index (χ1) is 10.8. The van der Waals surface area contributed by atoms with Gasteiger partial charge in [-0.05, 0) is 18.1 Å². The van der Waals surface area contributed by atoms with E-state index in [-0.39, 0.29) is 5.91 Å². The minimum atomic E-state index is 0.177. The van der Waals surface area contributed by atoms with Crippen molar-refractivity contribution >= 4 is 27.3 Å². The molecule has 4 rings (SSSR count). The highest BCUT2D eigenvalue weighted by Gasteiger charge is 2.28. The molecule has 22 heavy (non-hydrogen) atoms. The van der Waals surface area contributed by atoms with Crippen LogP contribution < -0.4 is 0 Å². The average Bonchev–Trinajstić information content (AvgIpc) is 3.22. The van der Waals surface area contributed by atoms with E-state index in [2.05, 4.69) is 30.3 Å². The normalized spacial score (nSPS) is 18.0. The molecule has 110 valence electrons. The lowest BCUT2D eigenvalue weighted by molar-refractivity contribution is 0.0793. The van der Waals surface area contributed by atoms with Crippen molar-refractivity contribution in [2.24, 2.45) is 0 Å². The summed E-state index contributed by atoms with van der Waals surface area (Å²) >= 11 is 1.65. The molecular formula is C19H17NOS. The van der Waals surface area contributed by atoms with Gasteiger partial charge in [0.1, 0.15) is 0 Å². The van der Waals surface area contributed by atoms with E-state index >= 15 is 0 Å². The second kappa shape index (κ2) is 5.58. The first kappa shape index (κ1) is 13.5. The van der Waals surface area contributed by atoms with E-state index in [4.69, 9.17) is 0 Å². The third-order valence-electron chi connectivity index (χ3n) is 4.46. The van der Waals surface area contributed by atoms with Crippen LogP contribution in [0, 0.1) is 0 Å². The number of carbonyl (C=O) groups is 1. The van der Waals surface area contributed by atoms with Crippen molar-refractivity contribution in [2.45, 2.75) is 12.3 Å². The minimum Gasteiger partial charge on any atom is -0.338 e. The van der Waals surface area contributed by atoms with Crippen molar-refractivity contribution in [1.29, 1.82) is 0 Å². The molecule has 3 aromatic rings. The number of hydrogen-bond donors (Lipinski definition) is 0. The number of thiophene rings is 1. The summed E-state index contributed by atoms with van der Waals surface area (Å²) in [5.74, 6) is 0.644. The highest BCUT2D eigenvalue weighted by atomic mass is 32.1. The molecule has 0 unspecified atom stereocenters. The zero-order valence-corrected chi connectivity index (χ0v) is 13.1. The Morgan fingerprint density at radius 2 is 1.82 bits per heavy atom. The predicted octanol–water partition coefficient (Wildman–Crippen LogP) is 4.53. The van der Waals surface area contributed by atoms with Gasteiger partial charge in [-0.25, -0.2) is 0 Å². The topological polar surface area (TPSA) is 20.3 Å². The van der Waals surface area contributed by atoms with Crippen molar-refractivity contribution in [3.8, 4) is 0 Å². The SMILES string of the molecule is O=C(c1csc2ccccc12)N1CC[C@@H](c2ccccc2)C1. The van der Waals surface area contributed by atoms with Gasteiger partial charge in [0.2, 0.25) is 0 Å². The molecule has 1 atom stereocenters. The van der Waals surface area contributed by atoms with Crippen LogP contribution in [0.4, 0.5) is 0 Å². The van der Waals surface area contributed by atoms with E-state index < -0.39 is 0 Å². The fraction of sp³-hybridized carbons (Fsp3) is 0.211. The third kappa shape index (κ3) is 2.32. The number of carbonyl (C=O) groups excluding carboxylic acids is 1. The summed E-state index contributed by atoms with van der Waals surface area (Å²) in [4.78, 5) is 14.8. The van der Waals surface area contributed by atoms with Crippen LogP contribution in [-0.2, 0) is 0 Å². The van der Waals surface area contributed by atoms with Gasteiger partial charge in [0.25, 0.3) is 5.91 Å². The lowest BCUT2D eigenvalue weighted by Gasteiger charge is -2.16. The van der Waals surface area contributed by atoms with Crippen LogP contribution in [0.1, 0.15) is 28.3 Å². The summed E-state index contributed by atoms with van der Waals surface area (Å²) in [5.41, 5.74) is 2.20. The van der Waals surface area contributed by atoms with E-state index in [0.29, 0.717) is 5.92 Å². The summed E-state index contributed by atoms with van der Waals surface area (Å²) in [6, 6.07) is 18.7. The summed E-state index contributed by atoms with van der Waals surface area (Å²) in [5, 5.41) is 3.09. The Hall–Kier alpha value is -2.13. The summed E-state index contributed by atoms with van der Waals surface area (Å²) in [6.07, 6.45) is 1.05. The standard InChI is InChI=1S/C19H17NOS/c21-19(17-13-22-18-9-5-4-8-16(17)18)20-11-10-15(12-20)14-6-2-1-3-7-14/h1-9,13,15H,10-12H2/t15-/m1/s1. The van der Waals surface area contributed by atoms with E-state index in [1.165, 1.54) is 10.3 Å². The zero-order chi connectivity index (χ0) is 14.9. The Kier molecular flexibility index (Phi) is 3.43. The highest BCUT2D eigenvalue weighted by Crippen LogP contribution is 2.31. The van der Waals surface area contributed by atoms with Crippen LogP contribution in [0.2, 0.25) is 0 Å². The largest absolute Gasteiger partial charge is 0.338 e. The van der Waals surface area contributed by atoms with Crippen LogP contribution in [-0.4, -0.2) is 23.9 Å². The Morgan fingerprint density at radius 1 is 1.05 bits per heavy atom. The number of benzene rings is 2. The first-order valence-electron chi connectivity index (χ1n) is 7.63. The molecule has 0 saturated carbocycles. The molecule has 2 heterocycles. The number of likely N-dealkylation sites (tertiary alicyclic amines) is 1. The van der Waals surface area contributed by atoms with Gasteiger partial charge in [0.05, 0.1) is 5.56 Å². The molecule has 0 spiro atoms. The average molecular weight is 307 g/mol. The smallest absolute Gasteiger partial charge is 0.255 e. The lowest BCUT2D eigenvalue weighted by Crippen LogP contribution is -2.28. The summed E-state index contributed by atoms with van der Waals surface area (Å²) in [7, 11) is 0. The Morgan fingerprint density at radius 3 is 2.68 bits per heavy atom. The van der Waals surface area contributed by atoms with E-state index in [1.807, 2.05) is 34.5 Å². The maximum absolute atomic E-state index is 12.8. The van der Waals surface area contributed by atoms with Gasteiger partial charge in [0.15, 0.2) is 0 Å². The molecule has 1 saturated heterocycles. The van der Waals surface area contributed by atoms with Crippen LogP contribution in [0.3, 0.4) is 0 Å². The van der Waals surface area contributed by atoms with Crippen molar-refractivity contribution in [1.82, 2.24) is 4.90 Å². The molecule has 1 fully saturated rings. The van der Waals surface area contributed by atoms with Gasteiger partial charge in [-0.2, -0.15) is 0 Å². The van der Waals surface area contributed by atoms with E-state index in [1.54, 1.807) is 11.3 Å². The van der Waals surface area contributed by atoms with Crippen LogP contribution in [0.15, 0.2) is 60.0 Å². The molecule has 0 N–H and O–H groups in total. The van der Waals surface area contributed by atoms with Crippen LogP contribution in [0.25, 0.3) is 10.1 Å². The van der Waals surface area contributed by atoms with Crippen molar-refractivity contribution in [3.63, 3.8) is 0 Å². The molecule has 1 aliphatic rings. The minimum absolute atomic E-state index is 0.177. The molecule has 0 aliphatic carbocycles. The van der Waals surface area contributed by atoms with Crippen molar-refractivity contribution in [3.05, 3.63) is 71.1 Å². The lowest BCUT2D eigenvalue weighted by atomic mass is 9.99. The quantitative estimate of drug-likeness (QED) is 0.681. The summed E-state index contributed by atoms with van der Waals surface area (Å²) in [6.45, 7) is 1.68. The Balaban J connectivity index is 1.57. The molecule has 0 radical (unpaired) electrons. The Bertz CT molecular complexity index is 808. The van der Waals surface area contributed by atoms with Gasteiger partial charge >= 0.3 is 0 Å². The van der Waals surface area contributed by atoms with Gasteiger partial charge in [-0.3, -0.25) is 4.79 Å². The van der Waals surface area contributed by atoms with Crippen LogP contribution in [0.5, 0.6) is 0 Å². The third-order valence-corrected chi connectivity index (χ3v) is 5.42. The zero-order valence-electron chi connectivity index (χ0n) is 12.2. The van der Waals surface area contributed by atoms with Gasteiger partial charge in [-0.1, -0.05) is 48.5 Å². The molecule has 0 bridgehead atoms. The number of hydrogen-bond acceptors (Lipinski definition) is 2. The predicted molar refractivity (Wildman–Crippen MR) is 91.5 cm³/mol. The van der Waals surface area contributed by atoms with Crippen molar-refractivity contribution < 1.29 is 4.79 Å². The molecule has 1 amide bonds. The van der Waals surface area contributed by atoms with Crippen molar-refractivity contribution in [2.75, 3.05) is 13.1 Å². The van der Waals surface area contributed by atoms with E-state index in [0.717, 1.165) is 30.5 Å². The maximum Gasteiger partial charge on any atom is 0.255 e. The number of rotatable bonds is 2. The second-order valence-corrected chi connectivity index (χ2v) is 6.70. The van der Waals surface area contributed by atoms with Gasteiger partial charge < -0.3 is 4.90 Å². The first-order valence-corrected chi connectivity index (χ1v) is 8.51. The summed E-state index contributed by atoms with van der Waals surface area (Å²) < 4.78 is 1.18. The molecule has 3 heteroatoms. The van der Waals surface area contributed by atoms with Gasteiger partial charge in [-0.15, -0.1) is 11.3 Å². The molecule has 2 nitrogen and oxygen atoms in total. The van der Waals surface area contributed by atoms with E-state index in [9.17, 15) is 4.79 Å². The highest BCUT2D eigenvalue weighted by molar-refractivity contribution is 7.17. The maximum atomic E-state index is 12.8.